The molecular formula is C11H17NO2. The maximum absolute atomic E-state index is 11.4. The Morgan fingerprint density at radius 2 is 2.14 bits per heavy atom. The monoisotopic (exact) mass is 195 g/mol. The smallest absolute Gasteiger partial charge is 0.410 e. The Kier molecular flexibility index (Phi) is 4.31. The third-order valence-corrected chi connectivity index (χ3v) is 2.49. The van der Waals surface area contributed by atoms with E-state index < -0.39 is 0 Å². The maximum Gasteiger partial charge on any atom is 0.410 e. The molecule has 1 heterocycles. The number of piperidine rings is 1. The van der Waals surface area contributed by atoms with Crippen molar-refractivity contribution in [2.75, 3.05) is 19.7 Å². The number of ether oxygens (including phenoxy) is 1. The molecule has 0 aromatic carbocycles. The van der Waals surface area contributed by atoms with Crippen LogP contribution in [-0.2, 0) is 4.74 Å². The average Bonchev–Trinajstić information content (AvgIpc) is 2.19. The first-order valence-electron chi connectivity index (χ1n) is 5.05. The van der Waals surface area contributed by atoms with Gasteiger partial charge in [0.2, 0.25) is 0 Å². The Morgan fingerprint density at radius 3 is 2.71 bits per heavy atom. The molecule has 0 bridgehead atoms. The molecule has 1 rings (SSSR count). The van der Waals surface area contributed by atoms with Gasteiger partial charge >= 0.3 is 6.09 Å². The number of amides is 1. The van der Waals surface area contributed by atoms with Crippen molar-refractivity contribution in [3.05, 3.63) is 0 Å². The lowest BCUT2D eigenvalue weighted by Crippen LogP contribution is -2.38. The number of rotatable bonds is 1. The minimum Gasteiger partial charge on any atom is -0.436 e. The van der Waals surface area contributed by atoms with Crippen LogP contribution in [0, 0.1) is 17.8 Å². The Bertz CT molecular complexity index is 244. The van der Waals surface area contributed by atoms with E-state index in [0.29, 0.717) is 0 Å². The third kappa shape index (κ3) is 3.29. The second-order valence-corrected chi connectivity index (χ2v) is 3.65. The van der Waals surface area contributed by atoms with Crippen molar-refractivity contribution in [3.8, 4) is 11.8 Å². The van der Waals surface area contributed by atoms with Crippen LogP contribution in [0.25, 0.3) is 0 Å². The fourth-order valence-electron chi connectivity index (χ4n) is 1.45. The molecule has 0 aromatic heterocycles. The number of hydrogen-bond donors (Lipinski definition) is 0. The van der Waals surface area contributed by atoms with Gasteiger partial charge in [-0.25, -0.2) is 4.79 Å². The van der Waals surface area contributed by atoms with Crippen LogP contribution < -0.4 is 0 Å². The van der Waals surface area contributed by atoms with E-state index in [9.17, 15) is 4.79 Å². The van der Waals surface area contributed by atoms with Crippen LogP contribution in [-0.4, -0.2) is 30.7 Å². The largest absolute Gasteiger partial charge is 0.436 e. The van der Waals surface area contributed by atoms with Crippen LogP contribution >= 0.6 is 0 Å². The molecule has 0 N–H and O–H groups in total. The summed E-state index contributed by atoms with van der Waals surface area (Å²) in [7, 11) is 0. The normalized spacial score (nSPS) is 17.1. The van der Waals surface area contributed by atoms with Gasteiger partial charge in [-0.2, -0.15) is 0 Å². The lowest BCUT2D eigenvalue weighted by Gasteiger charge is -2.29. The van der Waals surface area contributed by atoms with Crippen LogP contribution in [0.1, 0.15) is 26.7 Å². The van der Waals surface area contributed by atoms with Crippen LogP contribution in [0.2, 0.25) is 0 Å². The summed E-state index contributed by atoms with van der Waals surface area (Å²) in [4.78, 5) is 13.2. The first-order chi connectivity index (χ1) is 6.74. The average molecular weight is 195 g/mol. The van der Waals surface area contributed by atoms with Gasteiger partial charge in [0.05, 0.1) is 0 Å². The summed E-state index contributed by atoms with van der Waals surface area (Å²) < 4.78 is 4.97. The molecule has 0 atom stereocenters. The van der Waals surface area contributed by atoms with Gasteiger partial charge in [0, 0.05) is 13.1 Å². The van der Waals surface area contributed by atoms with Gasteiger partial charge in [0.1, 0.15) is 0 Å². The zero-order chi connectivity index (χ0) is 10.4. The molecule has 1 aliphatic heterocycles. The van der Waals surface area contributed by atoms with Gasteiger partial charge in [0.25, 0.3) is 0 Å². The molecule has 1 amide bonds. The Morgan fingerprint density at radius 1 is 1.50 bits per heavy atom. The SMILES string of the molecule is CC#CCOC(=O)N1CCC(C)CC1. The van der Waals surface area contributed by atoms with Gasteiger partial charge in [-0.15, -0.1) is 5.92 Å². The van der Waals surface area contributed by atoms with E-state index in [1.165, 1.54) is 0 Å². The van der Waals surface area contributed by atoms with E-state index in [2.05, 4.69) is 18.8 Å². The Balaban J connectivity index is 2.26. The first kappa shape index (κ1) is 10.9. The predicted molar refractivity (Wildman–Crippen MR) is 54.8 cm³/mol. The standard InChI is InChI=1S/C11H17NO2/c1-3-4-9-14-11(13)12-7-5-10(2)6-8-12/h10H,5-9H2,1-2H3. The molecular weight excluding hydrogens is 178 g/mol. The minimum absolute atomic E-state index is 0.210. The van der Waals surface area contributed by atoms with E-state index in [0.717, 1.165) is 31.8 Å². The first-order valence-corrected chi connectivity index (χ1v) is 5.05. The maximum atomic E-state index is 11.4. The highest BCUT2D eigenvalue weighted by Gasteiger charge is 2.20. The summed E-state index contributed by atoms with van der Waals surface area (Å²) in [5, 5.41) is 0. The van der Waals surface area contributed by atoms with Gasteiger partial charge in [0.15, 0.2) is 6.61 Å². The van der Waals surface area contributed by atoms with Gasteiger partial charge in [-0.1, -0.05) is 12.8 Å². The second kappa shape index (κ2) is 5.54. The van der Waals surface area contributed by atoms with Crippen molar-refractivity contribution >= 4 is 6.09 Å². The highest BCUT2D eigenvalue weighted by Crippen LogP contribution is 2.16. The summed E-state index contributed by atoms with van der Waals surface area (Å²) in [5.74, 6) is 6.13. The van der Waals surface area contributed by atoms with Crippen molar-refractivity contribution in [2.24, 2.45) is 5.92 Å². The topological polar surface area (TPSA) is 29.5 Å². The number of carbonyl (C=O) groups is 1. The molecule has 0 spiro atoms. The van der Waals surface area contributed by atoms with Crippen LogP contribution in [0.3, 0.4) is 0 Å². The zero-order valence-corrected chi connectivity index (χ0v) is 8.88. The molecule has 0 unspecified atom stereocenters. The fourth-order valence-corrected chi connectivity index (χ4v) is 1.45. The molecule has 1 saturated heterocycles. The molecule has 0 aliphatic carbocycles. The second-order valence-electron chi connectivity index (χ2n) is 3.65. The minimum atomic E-state index is -0.223. The third-order valence-electron chi connectivity index (χ3n) is 2.49. The fraction of sp³-hybridized carbons (Fsp3) is 0.727. The summed E-state index contributed by atoms with van der Waals surface area (Å²) in [5.41, 5.74) is 0. The van der Waals surface area contributed by atoms with Crippen molar-refractivity contribution in [3.63, 3.8) is 0 Å². The molecule has 14 heavy (non-hydrogen) atoms. The number of hydrogen-bond acceptors (Lipinski definition) is 2. The number of carbonyl (C=O) groups excluding carboxylic acids is 1. The zero-order valence-electron chi connectivity index (χ0n) is 8.88. The van der Waals surface area contributed by atoms with E-state index in [-0.39, 0.29) is 12.7 Å². The van der Waals surface area contributed by atoms with Gasteiger partial charge in [-0.3, -0.25) is 0 Å². The highest BCUT2D eigenvalue weighted by atomic mass is 16.6. The molecule has 1 aliphatic rings. The van der Waals surface area contributed by atoms with Gasteiger partial charge in [-0.05, 0) is 25.7 Å². The lowest BCUT2D eigenvalue weighted by atomic mass is 10.00. The summed E-state index contributed by atoms with van der Waals surface area (Å²) in [6.45, 7) is 5.79. The quantitative estimate of drug-likeness (QED) is 0.598. The summed E-state index contributed by atoms with van der Waals surface area (Å²) >= 11 is 0. The van der Waals surface area contributed by atoms with E-state index in [4.69, 9.17) is 4.74 Å². The molecule has 3 heteroatoms. The van der Waals surface area contributed by atoms with E-state index in [1.807, 2.05) is 0 Å². The van der Waals surface area contributed by atoms with E-state index >= 15 is 0 Å². The van der Waals surface area contributed by atoms with Crippen molar-refractivity contribution in [1.29, 1.82) is 0 Å². The van der Waals surface area contributed by atoms with Crippen LogP contribution in [0.4, 0.5) is 4.79 Å². The number of nitrogens with zero attached hydrogens (tertiary/aromatic N) is 1. The summed E-state index contributed by atoms with van der Waals surface area (Å²) in [6, 6.07) is 0. The molecule has 0 radical (unpaired) electrons. The van der Waals surface area contributed by atoms with Crippen molar-refractivity contribution < 1.29 is 9.53 Å². The van der Waals surface area contributed by atoms with Gasteiger partial charge < -0.3 is 9.64 Å². The lowest BCUT2D eigenvalue weighted by molar-refractivity contribution is 0.0992. The molecule has 3 nitrogen and oxygen atoms in total. The summed E-state index contributed by atoms with van der Waals surface area (Å²) in [6.07, 6.45) is 1.93. The highest BCUT2D eigenvalue weighted by molar-refractivity contribution is 5.67. The predicted octanol–water partition coefficient (Wildman–Crippen LogP) is 1.88. The molecule has 0 aromatic rings. The Hall–Kier alpha value is -1.17. The Labute approximate surface area is 85.4 Å². The van der Waals surface area contributed by atoms with E-state index in [1.54, 1.807) is 11.8 Å². The molecule has 0 saturated carbocycles. The van der Waals surface area contributed by atoms with Crippen molar-refractivity contribution in [1.82, 2.24) is 4.90 Å². The molecule has 1 fully saturated rings. The van der Waals surface area contributed by atoms with Crippen LogP contribution in [0.15, 0.2) is 0 Å². The number of likely N-dealkylation sites (tertiary alicyclic amines) is 1. The van der Waals surface area contributed by atoms with Crippen LogP contribution in [0.5, 0.6) is 0 Å². The van der Waals surface area contributed by atoms with Crippen molar-refractivity contribution in [2.45, 2.75) is 26.7 Å². The molecule has 78 valence electrons.